The van der Waals surface area contributed by atoms with Crippen LogP contribution in [0.5, 0.6) is 0 Å². The van der Waals surface area contributed by atoms with E-state index < -0.39 is 83.9 Å². The predicted octanol–water partition coefficient (Wildman–Crippen LogP) is 3.01. The normalized spacial score (nSPS) is 39.3. The lowest BCUT2D eigenvalue weighted by Gasteiger charge is -2.46. The summed E-state index contributed by atoms with van der Waals surface area (Å²) in [5.41, 5.74) is 1.49. The molecule has 0 aromatic carbocycles. The first kappa shape index (κ1) is 51.9. The highest BCUT2D eigenvalue weighted by Gasteiger charge is 2.56. The van der Waals surface area contributed by atoms with Gasteiger partial charge < -0.3 is 54.5 Å². The molecule has 0 aromatic rings. The molecule has 4 heterocycles. The van der Waals surface area contributed by atoms with E-state index in [1.54, 1.807) is 27.9 Å². The zero-order valence-electron chi connectivity index (χ0n) is 39.2. The molecule has 14 atom stereocenters. The molecule has 362 valence electrons. The Balaban J connectivity index is 1.50. The van der Waals surface area contributed by atoms with Crippen LogP contribution in [0.25, 0.3) is 0 Å². The molecule has 5 aliphatic rings. The highest BCUT2D eigenvalue weighted by atomic mass is 16.7. The van der Waals surface area contributed by atoms with Crippen LogP contribution in [0.15, 0.2) is 23.3 Å². The van der Waals surface area contributed by atoms with E-state index in [0.717, 1.165) is 23.6 Å². The molecule has 0 radical (unpaired) electrons. The molecule has 1 aliphatic carbocycles. The number of piperidine rings is 1. The van der Waals surface area contributed by atoms with E-state index in [9.17, 15) is 44.4 Å². The summed E-state index contributed by atoms with van der Waals surface area (Å²) in [7, 11) is 3.01. The zero-order valence-corrected chi connectivity index (χ0v) is 39.2. The van der Waals surface area contributed by atoms with Crippen LogP contribution in [0.2, 0.25) is 0 Å². The standard InChI is InChI=1S/C48H77N3O13/c1-28-21-29(2)23-39(55)44-41(62-7)25-31(4)48(60,64-44)45(57)46(58)51-18-9-8-12-35(51)47(59)63-43(30(3)24-33-14-15-36(52)40(26-33)61-6)32(5)37(53)27-38(54)34(22-28)11-10-13-42(56)50-19-16-49-17-20-50/h22,24,29,31-37,39-41,43-44,49,52-53,55,60H,8-21,23,25-27H2,1-7H3/b28-22+,30-24+/t29-,31+,32+,33-,34+,35-,36+,37-,39-,40+,41-,43+,44+,48+/m0/s1. The lowest BCUT2D eigenvalue weighted by Crippen LogP contribution is -2.64. The number of aliphatic hydroxyl groups excluding tert-OH is 3. The van der Waals surface area contributed by atoms with Crippen LogP contribution in [0.4, 0.5) is 0 Å². The summed E-state index contributed by atoms with van der Waals surface area (Å²) < 4.78 is 23.6. The van der Waals surface area contributed by atoms with E-state index in [0.29, 0.717) is 70.0 Å². The number of piperazine rings is 1. The van der Waals surface area contributed by atoms with E-state index >= 15 is 0 Å². The summed E-state index contributed by atoms with van der Waals surface area (Å²) in [5, 5.41) is 49.3. The lowest BCUT2D eigenvalue weighted by atomic mass is 9.81. The maximum atomic E-state index is 14.4. The molecule has 16 nitrogen and oxygen atoms in total. The summed E-state index contributed by atoms with van der Waals surface area (Å²) in [4.78, 5) is 73.3. The van der Waals surface area contributed by atoms with E-state index in [2.05, 4.69) is 5.32 Å². The number of amides is 2. The van der Waals surface area contributed by atoms with Crippen LogP contribution in [0, 0.1) is 29.6 Å². The number of hydrogen-bond donors (Lipinski definition) is 5. The Labute approximate surface area is 379 Å². The van der Waals surface area contributed by atoms with Gasteiger partial charge in [0.2, 0.25) is 11.7 Å². The largest absolute Gasteiger partial charge is 0.456 e. The molecule has 0 spiro atoms. The number of ether oxygens (including phenoxy) is 4. The number of hydrogen-bond acceptors (Lipinski definition) is 14. The van der Waals surface area contributed by atoms with Crippen LogP contribution >= 0.6 is 0 Å². The first-order valence-corrected chi connectivity index (χ1v) is 23.8. The number of methoxy groups -OCH3 is 2. The maximum Gasteiger partial charge on any atom is 0.329 e. The SMILES string of the molecule is CO[C@H]1C[C@@H](C)[C@@]2(O)O[C@@H]1[C@@H](O)C[C@@H](C)C/C(C)=C/[C@@H](CCCC(=O)N1CCNCC1)C(=O)C[C@H](O)[C@@H](C)[C@@H](/C(C)=C/[C@@H]1CC[C@@H](O)[C@H](OC)C1)OC(=O)[C@@H]1CCCCN1C(=O)C2=O. The number of fused-ring (bicyclic) bond motifs is 3. The second-order valence-corrected chi connectivity index (χ2v) is 19.6. The summed E-state index contributed by atoms with van der Waals surface area (Å²) in [6.07, 6.45) is 1.99. The monoisotopic (exact) mass is 904 g/mol. The van der Waals surface area contributed by atoms with Crippen molar-refractivity contribution in [1.29, 1.82) is 0 Å². The Morgan fingerprint density at radius 1 is 0.906 bits per heavy atom. The van der Waals surface area contributed by atoms with Gasteiger partial charge in [0, 0.05) is 77.5 Å². The number of nitrogens with zero attached hydrogens (tertiary/aromatic N) is 2. The summed E-state index contributed by atoms with van der Waals surface area (Å²) >= 11 is 0. The number of carbonyl (C=O) groups excluding carboxylic acids is 5. The Kier molecular flexibility index (Phi) is 19.1. The van der Waals surface area contributed by atoms with Crippen LogP contribution in [0.3, 0.4) is 0 Å². The fraction of sp³-hybridized carbons (Fsp3) is 0.812. The third-order valence-corrected chi connectivity index (χ3v) is 14.5. The Morgan fingerprint density at radius 2 is 1.61 bits per heavy atom. The average molecular weight is 904 g/mol. The lowest BCUT2D eigenvalue weighted by molar-refractivity contribution is -0.301. The quantitative estimate of drug-likeness (QED) is 0.134. The molecule has 2 bridgehead atoms. The van der Waals surface area contributed by atoms with Gasteiger partial charge in [0.1, 0.15) is 24.0 Å². The molecule has 0 unspecified atom stereocenters. The summed E-state index contributed by atoms with van der Waals surface area (Å²) in [6, 6.07) is -1.19. The molecule has 5 N–H and O–H groups in total. The van der Waals surface area contributed by atoms with Crippen molar-refractivity contribution in [3.63, 3.8) is 0 Å². The van der Waals surface area contributed by atoms with Crippen molar-refractivity contribution in [2.75, 3.05) is 46.9 Å². The van der Waals surface area contributed by atoms with Crippen LogP contribution < -0.4 is 5.32 Å². The van der Waals surface area contributed by atoms with Gasteiger partial charge in [0.15, 0.2) is 0 Å². The highest BCUT2D eigenvalue weighted by Crippen LogP contribution is 2.39. The van der Waals surface area contributed by atoms with Crippen molar-refractivity contribution in [2.24, 2.45) is 29.6 Å². The Bertz CT molecular complexity index is 1680. The third kappa shape index (κ3) is 12.9. The zero-order chi connectivity index (χ0) is 46.9. The molecule has 4 fully saturated rings. The number of cyclic esters (lactones) is 1. The molecular weight excluding hydrogens is 827 g/mol. The number of esters is 1. The molecule has 2 amide bonds. The van der Waals surface area contributed by atoms with Crippen LogP contribution in [-0.2, 0) is 42.9 Å². The number of allylic oxidation sites excluding steroid dienone is 3. The number of aliphatic hydroxyl groups is 4. The molecular formula is C48H77N3O13. The van der Waals surface area contributed by atoms with Gasteiger partial charge in [-0.05, 0) is 102 Å². The van der Waals surface area contributed by atoms with Gasteiger partial charge in [0.05, 0.1) is 30.5 Å². The van der Waals surface area contributed by atoms with Gasteiger partial charge in [-0.1, -0.05) is 38.5 Å². The second kappa shape index (κ2) is 23.6. The van der Waals surface area contributed by atoms with E-state index in [1.165, 1.54) is 7.11 Å². The average Bonchev–Trinajstić information content (AvgIpc) is 3.27. The third-order valence-electron chi connectivity index (χ3n) is 14.5. The van der Waals surface area contributed by atoms with E-state index in [-0.39, 0.29) is 68.3 Å². The van der Waals surface area contributed by atoms with E-state index in [4.69, 9.17) is 18.9 Å². The van der Waals surface area contributed by atoms with Crippen molar-refractivity contribution < 1.29 is 63.3 Å². The molecule has 1 saturated carbocycles. The minimum atomic E-state index is -2.62. The van der Waals surface area contributed by atoms with Gasteiger partial charge in [-0.25, -0.2) is 4.79 Å². The molecule has 3 saturated heterocycles. The van der Waals surface area contributed by atoms with Crippen LogP contribution in [0.1, 0.15) is 118 Å². The summed E-state index contributed by atoms with van der Waals surface area (Å²) in [6.45, 7) is 11.7. The van der Waals surface area contributed by atoms with Crippen molar-refractivity contribution in [1.82, 2.24) is 15.1 Å². The number of carbonyl (C=O) groups is 5. The first-order chi connectivity index (χ1) is 30.4. The minimum Gasteiger partial charge on any atom is -0.456 e. The molecule has 4 aliphatic heterocycles. The number of rotatable bonds is 8. The van der Waals surface area contributed by atoms with Gasteiger partial charge in [0.25, 0.3) is 11.7 Å². The fourth-order valence-corrected chi connectivity index (χ4v) is 10.6. The molecule has 0 aromatic heterocycles. The predicted molar refractivity (Wildman–Crippen MR) is 236 cm³/mol. The van der Waals surface area contributed by atoms with Gasteiger partial charge in [-0.2, -0.15) is 0 Å². The first-order valence-electron chi connectivity index (χ1n) is 23.8. The van der Waals surface area contributed by atoms with Crippen LogP contribution in [-0.4, -0.2) is 161 Å². The molecule has 5 rings (SSSR count). The maximum absolute atomic E-state index is 14.4. The Morgan fingerprint density at radius 3 is 2.30 bits per heavy atom. The number of nitrogens with one attached hydrogen (secondary N) is 1. The Hall–Kier alpha value is -3.09. The van der Waals surface area contributed by atoms with Crippen molar-refractivity contribution >= 4 is 29.4 Å². The van der Waals surface area contributed by atoms with Gasteiger partial charge >= 0.3 is 5.97 Å². The smallest absolute Gasteiger partial charge is 0.329 e. The molecule has 64 heavy (non-hydrogen) atoms. The van der Waals surface area contributed by atoms with Crippen molar-refractivity contribution in [3.8, 4) is 0 Å². The molecule has 16 heteroatoms. The van der Waals surface area contributed by atoms with Crippen molar-refractivity contribution in [3.05, 3.63) is 23.3 Å². The summed E-state index contributed by atoms with van der Waals surface area (Å²) in [5.74, 6) is -8.50. The minimum absolute atomic E-state index is 0.0327. The topological polar surface area (TPSA) is 222 Å². The number of ketones is 2. The van der Waals surface area contributed by atoms with E-state index in [1.807, 2.05) is 30.9 Å². The highest BCUT2D eigenvalue weighted by molar-refractivity contribution is 6.39. The van der Waals surface area contributed by atoms with Gasteiger partial charge in [-0.15, -0.1) is 0 Å². The van der Waals surface area contributed by atoms with Crippen molar-refractivity contribution in [2.45, 2.75) is 173 Å². The number of Topliss-reactive ketones (excluding diaryl/α,β-unsaturated/α-hetero) is 2. The second-order valence-electron chi connectivity index (χ2n) is 19.6. The fourth-order valence-electron chi connectivity index (χ4n) is 10.6. The van der Waals surface area contributed by atoms with Gasteiger partial charge in [-0.3, -0.25) is 19.2 Å².